The normalized spacial score (nSPS) is 13.2. The second-order valence-electron chi connectivity index (χ2n) is 4.43. The molecule has 0 N–H and O–H groups in total. The van der Waals surface area contributed by atoms with Gasteiger partial charge in [-0.25, -0.2) is 0 Å². The van der Waals surface area contributed by atoms with E-state index in [1.807, 2.05) is 0 Å². The maximum atomic E-state index is 4.25. The quantitative estimate of drug-likeness (QED) is 0.702. The van der Waals surface area contributed by atoms with Gasteiger partial charge in [0.15, 0.2) is 0 Å². The van der Waals surface area contributed by atoms with Gasteiger partial charge >= 0.3 is 0 Å². The molecule has 1 atom stereocenters. The van der Waals surface area contributed by atoms with Gasteiger partial charge in [0.25, 0.3) is 0 Å². The van der Waals surface area contributed by atoms with E-state index in [1.54, 1.807) is 0 Å². The van der Waals surface area contributed by atoms with Gasteiger partial charge in [-0.1, -0.05) is 45.0 Å². The minimum absolute atomic E-state index is 0.670. The SMILES string of the molecule is CC(C)CC(C)c1ccc(CS)cc1. The summed E-state index contributed by atoms with van der Waals surface area (Å²) in [7, 11) is 0. The molecule has 0 nitrogen and oxygen atoms in total. The summed E-state index contributed by atoms with van der Waals surface area (Å²) in [6, 6.07) is 8.83. The molecule has 1 unspecified atom stereocenters. The summed E-state index contributed by atoms with van der Waals surface area (Å²) in [5, 5.41) is 0. The van der Waals surface area contributed by atoms with Gasteiger partial charge in [-0.3, -0.25) is 0 Å². The molecule has 1 aromatic carbocycles. The molecule has 0 saturated heterocycles. The van der Waals surface area contributed by atoms with Gasteiger partial charge in [0.1, 0.15) is 0 Å². The van der Waals surface area contributed by atoms with Gasteiger partial charge in [-0.05, 0) is 29.4 Å². The molecule has 1 rings (SSSR count). The molecule has 0 bridgehead atoms. The fourth-order valence-corrected chi connectivity index (χ4v) is 2.01. The Morgan fingerprint density at radius 2 is 1.64 bits per heavy atom. The maximum absolute atomic E-state index is 4.25. The number of benzene rings is 1. The predicted molar refractivity (Wildman–Crippen MR) is 67.0 cm³/mol. The molecule has 0 heterocycles. The lowest BCUT2D eigenvalue weighted by molar-refractivity contribution is 0.523. The van der Waals surface area contributed by atoms with Gasteiger partial charge < -0.3 is 0 Å². The zero-order chi connectivity index (χ0) is 10.6. The van der Waals surface area contributed by atoms with Crippen LogP contribution in [0.5, 0.6) is 0 Å². The van der Waals surface area contributed by atoms with Gasteiger partial charge in [-0.2, -0.15) is 12.6 Å². The highest BCUT2D eigenvalue weighted by atomic mass is 32.1. The second-order valence-corrected chi connectivity index (χ2v) is 4.75. The van der Waals surface area contributed by atoms with Crippen LogP contribution in [0.25, 0.3) is 0 Å². The van der Waals surface area contributed by atoms with Crippen molar-refractivity contribution in [3.05, 3.63) is 35.4 Å². The highest BCUT2D eigenvalue weighted by Gasteiger charge is 2.07. The van der Waals surface area contributed by atoms with Crippen molar-refractivity contribution in [3.63, 3.8) is 0 Å². The summed E-state index contributed by atoms with van der Waals surface area (Å²) < 4.78 is 0. The molecule has 0 saturated carbocycles. The fraction of sp³-hybridized carbons (Fsp3) is 0.538. The third kappa shape index (κ3) is 3.38. The van der Waals surface area contributed by atoms with E-state index in [0.717, 1.165) is 11.7 Å². The minimum Gasteiger partial charge on any atom is -0.175 e. The molecule has 0 aliphatic heterocycles. The molecule has 14 heavy (non-hydrogen) atoms. The van der Waals surface area contributed by atoms with Crippen LogP contribution in [-0.4, -0.2) is 0 Å². The monoisotopic (exact) mass is 208 g/mol. The summed E-state index contributed by atoms with van der Waals surface area (Å²) in [5.74, 6) is 2.28. The first-order chi connectivity index (χ1) is 6.63. The van der Waals surface area contributed by atoms with E-state index in [4.69, 9.17) is 0 Å². The van der Waals surface area contributed by atoms with Crippen LogP contribution >= 0.6 is 12.6 Å². The minimum atomic E-state index is 0.670. The van der Waals surface area contributed by atoms with Crippen LogP contribution in [0.4, 0.5) is 0 Å². The Balaban J connectivity index is 2.66. The van der Waals surface area contributed by atoms with E-state index in [1.165, 1.54) is 17.5 Å². The topological polar surface area (TPSA) is 0 Å². The van der Waals surface area contributed by atoms with Crippen molar-refractivity contribution in [1.82, 2.24) is 0 Å². The zero-order valence-corrected chi connectivity index (χ0v) is 10.2. The molecule has 1 heteroatoms. The van der Waals surface area contributed by atoms with E-state index in [0.29, 0.717) is 5.92 Å². The summed E-state index contributed by atoms with van der Waals surface area (Å²) in [4.78, 5) is 0. The molecular weight excluding hydrogens is 188 g/mol. The second kappa shape index (κ2) is 5.45. The van der Waals surface area contributed by atoms with Crippen molar-refractivity contribution in [2.24, 2.45) is 5.92 Å². The fourth-order valence-electron chi connectivity index (χ4n) is 1.79. The van der Waals surface area contributed by atoms with Crippen LogP contribution in [-0.2, 0) is 5.75 Å². The lowest BCUT2D eigenvalue weighted by atomic mass is 9.92. The first-order valence-electron chi connectivity index (χ1n) is 5.33. The molecule has 0 aliphatic rings. The van der Waals surface area contributed by atoms with Gasteiger partial charge in [-0.15, -0.1) is 0 Å². The Hall–Kier alpha value is -0.430. The van der Waals surface area contributed by atoms with Crippen molar-refractivity contribution in [3.8, 4) is 0 Å². The highest BCUT2D eigenvalue weighted by Crippen LogP contribution is 2.23. The third-order valence-electron chi connectivity index (χ3n) is 2.56. The van der Waals surface area contributed by atoms with E-state index < -0.39 is 0 Å². The summed E-state index contributed by atoms with van der Waals surface area (Å²) in [6.07, 6.45) is 1.26. The number of hydrogen-bond acceptors (Lipinski definition) is 1. The predicted octanol–water partition coefficient (Wildman–Crippen LogP) is 4.27. The van der Waals surface area contributed by atoms with Crippen LogP contribution in [0.1, 0.15) is 44.2 Å². The molecule has 0 spiro atoms. The van der Waals surface area contributed by atoms with Crippen LogP contribution in [0, 0.1) is 5.92 Å². The van der Waals surface area contributed by atoms with E-state index >= 15 is 0 Å². The van der Waals surface area contributed by atoms with Crippen LogP contribution in [0.2, 0.25) is 0 Å². The molecule has 0 aromatic heterocycles. The molecule has 0 amide bonds. The Morgan fingerprint density at radius 1 is 1.07 bits per heavy atom. The maximum Gasteiger partial charge on any atom is 0.0154 e. The van der Waals surface area contributed by atoms with Crippen molar-refractivity contribution in [2.45, 2.75) is 38.9 Å². The lowest BCUT2D eigenvalue weighted by Gasteiger charge is -2.14. The van der Waals surface area contributed by atoms with Crippen LogP contribution in [0.3, 0.4) is 0 Å². The van der Waals surface area contributed by atoms with E-state index in [9.17, 15) is 0 Å². The first-order valence-corrected chi connectivity index (χ1v) is 5.96. The van der Waals surface area contributed by atoms with Crippen molar-refractivity contribution < 1.29 is 0 Å². The standard InChI is InChI=1S/C13H20S/c1-10(2)8-11(3)13-6-4-12(9-14)5-7-13/h4-7,10-11,14H,8-9H2,1-3H3. The zero-order valence-electron chi connectivity index (χ0n) is 9.33. The number of rotatable bonds is 4. The van der Waals surface area contributed by atoms with Crippen LogP contribution < -0.4 is 0 Å². The molecule has 0 aliphatic carbocycles. The highest BCUT2D eigenvalue weighted by molar-refractivity contribution is 7.79. The Labute approximate surface area is 93.1 Å². The number of hydrogen-bond donors (Lipinski definition) is 1. The molecule has 0 fully saturated rings. The van der Waals surface area contributed by atoms with Gasteiger partial charge in [0, 0.05) is 5.75 Å². The van der Waals surface area contributed by atoms with Crippen molar-refractivity contribution in [1.29, 1.82) is 0 Å². The summed E-state index contributed by atoms with van der Waals surface area (Å²) in [6.45, 7) is 6.85. The number of thiol groups is 1. The van der Waals surface area contributed by atoms with E-state index in [2.05, 4.69) is 57.7 Å². The molecule has 1 aromatic rings. The molecular formula is C13H20S. The average molecular weight is 208 g/mol. The average Bonchev–Trinajstić information content (AvgIpc) is 2.17. The van der Waals surface area contributed by atoms with Gasteiger partial charge in [0.2, 0.25) is 0 Å². The van der Waals surface area contributed by atoms with E-state index in [-0.39, 0.29) is 0 Å². The van der Waals surface area contributed by atoms with Crippen molar-refractivity contribution in [2.75, 3.05) is 0 Å². The smallest absolute Gasteiger partial charge is 0.0154 e. The Bertz CT molecular complexity index is 261. The van der Waals surface area contributed by atoms with Crippen molar-refractivity contribution >= 4 is 12.6 Å². The first kappa shape index (κ1) is 11.6. The Morgan fingerprint density at radius 3 is 2.07 bits per heavy atom. The summed E-state index contributed by atoms with van der Waals surface area (Å²) >= 11 is 4.25. The van der Waals surface area contributed by atoms with Gasteiger partial charge in [0.05, 0.1) is 0 Å². The summed E-state index contributed by atoms with van der Waals surface area (Å²) in [5.41, 5.74) is 2.75. The third-order valence-corrected chi connectivity index (χ3v) is 2.92. The largest absolute Gasteiger partial charge is 0.175 e. The lowest BCUT2D eigenvalue weighted by Crippen LogP contribution is -1.98. The molecule has 78 valence electrons. The molecule has 0 radical (unpaired) electrons. The Kier molecular flexibility index (Phi) is 4.53. The van der Waals surface area contributed by atoms with Crippen LogP contribution in [0.15, 0.2) is 24.3 Å².